The lowest BCUT2D eigenvalue weighted by atomic mass is 10.1. The van der Waals surface area contributed by atoms with Gasteiger partial charge in [0.2, 0.25) is 11.8 Å². The molecule has 0 aliphatic heterocycles. The molecule has 0 heterocycles. The molecule has 1 aliphatic rings. The quantitative estimate of drug-likeness (QED) is 0.306. The standard InChI is InChI=1S/C29H31FIN3O4S/c1-21(29(36)32-24-10-6-7-11-24)33(19-22-9-5-8-14-27(22)30)28(35)20-34(25-17-15-23(31)16-18-25)39(37,38)26-12-3-2-4-13-26/h2-5,8-9,12-18,21,24H,6-7,10-11,19-20H2,1H3,(H,32,36). The van der Waals surface area contributed by atoms with E-state index in [1.54, 1.807) is 67.6 Å². The number of halogens is 2. The van der Waals surface area contributed by atoms with Gasteiger partial charge >= 0.3 is 0 Å². The first kappa shape index (κ1) is 29.0. The van der Waals surface area contributed by atoms with E-state index in [1.807, 2.05) is 0 Å². The second-order valence-corrected chi connectivity index (χ2v) is 12.7. The first-order chi connectivity index (χ1) is 18.7. The summed E-state index contributed by atoms with van der Waals surface area (Å²) in [5, 5.41) is 3.00. The Morgan fingerprint density at radius 3 is 2.23 bits per heavy atom. The molecule has 1 atom stereocenters. The minimum atomic E-state index is -4.13. The molecule has 3 aromatic carbocycles. The maximum absolute atomic E-state index is 14.6. The maximum atomic E-state index is 14.6. The first-order valence-electron chi connectivity index (χ1n) is 12.8. The highest BCUT2D eigenvalue weighted by atomic mass is 127. The minimum absolute atomic E-state index is 0.0315. The molecule has 3 aromatic rings. The fraction of sp³-hybridized carbons (Fsp3) is 0.310. The Hall–Kier alpha value is -2.99. The number of carbonyl (C=O) groups is 2. The van der Waals surface area contributed by atoms with Crippen molar-refractivity contribution in [1.29, 1.82) is 0 Å². The van der Waals surface area contributed by atoms with E-state index in [-0.39, 0.29) is 29.0 Å². The molecular formula is C29H31FIN3O4S. The molecule has 1 fully saturated rings. The molecule has 0 saturated heterocycles. The van der Waals surface area contributed by atoms with Gasteiger partial charge in [-0.1, -0.05) is 49.2 Å². The molecule has 39 heavy (non-hydrogen) atoms. The number of nitrogens with zero attached hydrogens (tertiary/aromatic N) is 2. The average Bonchev–Trinajstić information content (AvgIpc) is 3.45. The van der Waals surface area contributed by atoms with Crippen molar-refractivity contribution in [2.45, 2.75) is 56.1 Å². The number of anilines is 1. The number of nitrogens with one attached hydrogen (secondary N) is 1. The molecule has 1 unspecified atom stereocenters. The van der Waals surface area contributed by atoms with Gasteiger partial charge in [0.05, 0.1) is 10.6 Å². The van der Waals surface area contributed by atoms with E-state index < -0.39 is 34.3 Å². The number of carbonyl (C=O) groups excluding carboxylic acids is 2. The van der Waals surface area contributed by atoms with E-state index in [0.717, 1.165) is 33.6 Å². The van der Waals surface area contributed by atoms with Gasteiger partial charge in [0.15, 0.2) is 0 Å². The lowest BCUT2D eigenvalue weighted by Crippen LogP contribution is -2.52. The lowest BCUT2D eigenvalue weighted by Gasteiger charge is -2.32. The summed E-state index contributed by atoms with van der Waals surface area (Å²) in [7, 11) is -4.13. The zero-order valence-corrected chi connectivity index (χ0v) is 24.6. The van der Waals surface area contributed by atoms with E-state index in [1.165, 1.54) is 23.1 Å². The third-order valence-corrected chi connectivity index (χ3v) is 9.40. The lowest BCUT2D eigenvalue weighted by molar-refractivity contribution is -0.139. The fourth-order valence-corrected chi connectivity index (χ4v) is 6.44. The highest BCUT2D eigenvalue weighted by molar-refractivity contribution is 14.1. The van der Waals surface area contributed by atoms with E-state index >= 15 is 0 Å². The summed E-state index contributed by atoms with van der Waals surface area (Å²) in [5.74, 6) is -1.48. The molecule has 0 bridgehead atoms. The normalized spacial score (nSPS) is 14.5. The number of hydrogen-bond donors (Lipinski definition) is 1. The smallest absolute Gasteiger partial charge is 0.264 e. The van der Waals surface area contributed by atoms with Crippen LogP contribution >= 0.6 is 22.6 Å². The van der Waals surface area contributed by atoms with Crippen LogP contribution in [-0.4, -0.2) is 43.8 Å². The van der Waals surface area contributed by atoms with Crippen molar-refractivity contribution in [2.24, 2.45) is 0 Å². The Labute approximate surface area is 242 Å². The van der Waals surface area contributed by atoms with Crippen molar-refractivity contribution >= 4 is 50.1 Å². The Morgan fingerprint density at radius 2 is 1.59 bits per heavy atom. The number of amides is 2. The highest BCUT2D eigenvalue weighted by Crippen LogP contribution is 2.26. The van der Waals surface area contributed by atoms with Crippen LogP contribution in [0.2, 0.25) is 0 Å². The van der Waals surface area contributed by atoms with Gasteiger partial charge in [-0.3, -0.25) is 13.9 Å². The van der Waals surface area contributed by atoms with Gasteiger partial charge in [0.25, 0.3) is 10.0 Å². The SMILES string of the molecule is CC(C(=O)NC1CCCC1)N(Cc1ccccc1F)C(=O)CN(c1ccc(I)cc1)S(=O)(=O)c1ccccc1. The molecular weight excluding hydrogens is 632 g/mol. The van der Waals surface area contributed by atoms with E-state index in [9.17, 15) is 22.4 Å². The van der Waals surface area contributed by atoms with Crippen molar-refractivity contribution in [2.75, 3.05) is 10.8 Å². The molecule has 1 saturated carbocycles. The summed E-state index contributed by atoms with van der Waals surface area (Å²) in [5.41, 5.74) is 0.541. The summed E-state index contributed by atoms with van der Waals surface area (Å²) in [6.07, 6.45) is 3.80. The zero-order chi connectivity index (χ0) is 28.0. The van der Waals surface area contributed by atoms with Crippen LogP contribution in [0.3, 0.4) is 0 Å². The number of benzene rings is 3. The molecule has 1 aliphatic carbocycles. The van der Waals surface area contributed by atoms with Gasteiger partial charge in [0.1, 0.15) is 18.4 Å². The van der Waals surface area contributed by atoms with Crippen LogP contribution in [0, 0.1) is 9.39 Å². The Morgan fingerprint density at radius 1 is 0.974 bits per heavy atom. The summed E-state index contributed by atoms with van der Waals surface area (Å²) in [6, 6.07) is 19.8. The molecule has 0 aromatic heterocycles. The first-order valence-corrected chi connectivity index (χ1v) is 15.4. The van der Waals surface area contributed by atoms with Crippen LogP contribution in [0.4, 0.5) is 10.1 Å². The predicted octanol–water partition coefficient (Wildman–Crippen LogP) is 5.10. The number of rotatable bonds is 10. The van der Waals surface area contributed by atoms with Gasteiger partial charge in [-0.05, 0) is 84.8 Å². The summed E-state index contributed by atoms with van der Waals surface area (Å²) in [4.78, 5) is 28.4. The topological polar surface area (TPSA) is 86.8 Å². The third-order valence-electron chi connectivity index (χ3n) is 6.89. The second-order valence-electron chi connectivity index (χ2n) is 9.58. The third kappa shape index (κ3) is 7.16. The minimum Gasteiger partial charge on any atom is -0.352 e. The molecule has 2 amide bonds. The van der Waals surface area contributed by atoms with Crippen molar-refractivity contribution in [1.82, 2.24) is 10.2 Å². The van der Waals surface area contributed by atoms with Gasteiger partial charge in [-0.25, -0.2) is 12.8 Å². The summed E-state index contributed by atoms with van der Waals surface area (Å²) >= 11 is 2.12. The molecule has 1 N–H and O–H groups in total. The van der Waals surface area contributed by atoms with Crippen LogP contribution in [0.5, 0.6) is 0 Å². The van der Waals surface area contributed by atoms with E-state index in [2.05, 4.69) is 27.9 Å². The van der Waals surface area contributed by atoms with Crippen LogP contribution in [0.25, 0.3) is 0 Å². The zero-order valence-electron chi connectivity index (χ0n) is 21.6. The fourth-order valence-electron chi connectivity index (χ4n) is 4.64. The van der Waals surface area contributed by atoms with Gasteiger partial charge in [-0.2, -0.15) is 0 Å². The molecule has 7 nitrogen and oxygen atoms in total. The Balaban J connectivity index is 1.68. The number of sulfonamides is 1. The largest absolute Gasteiger partial charge is 0.352 e. The second kappa shape index (κ2) is 12.9. The number of hydrogen-bond acceptors (Lipinski definition) is 4. The van der Waals surface area contributed by atoms with Crippen molar-refractivity contribution in [3.63, 3.8) is 0 Å². The van der Waals surface area contributed by atoms with Crippen molar-refractivity contribution in [3.8, 4) is 0 Å². The van der Waals surface area contributed by atoms with Crippen LogP contribution in [0.1, 0.15) is 38.2 Å². The highest BCUT2D eigenvalue weighted by Gasteiger charge is 2.33. The summed E-state index contributed by atoms with van der Waals surface area (Å²) < 4.78 is 44.0. The van der Waals surface area contributed by atoms with Gasteiger partial charge in [-0.15, -0.1) is 0 Å². The molecule has 0 spiro atoms. The average molecular weight is 664 g/mol. The monoisotopic (exact) mass is 663 g/mol. The Kier molecular flexibility index (Phi) is 9.60. The molecule has 10 heteroatoms. The van der Waals surface area contributed by atoms with E-state index in [0.29, 0.717) is 5.69 Å². The van der Waals surface area contributed by atoms with E-state index in [4.69, 9.17) is 0 Å². The van der Waals surface area contributed by atoms with Gasteiger partial charge in [0, 0.05) is 21.7 Å². The van der Waals surface area contributed by atoms with Crippen LogP contribution < -0.4 is 9.62 Å². The molecule has 4 rings (SSSR count). The van der Waals surface area contributed by atoms with Crippen LogP contribution in [0.15, 0.2) is 83.8 Å². The Bertz CT molecular complexity index is 1400. The van der Waals surface area contributed by atoms with Crippen molar-refractivity contribution in [3.05, 3.63) is 93.8 Å². The van der Waals surface area contributed by atoms with Crippen molar-refractivity contribution < 1.29 is 22.4 Å². The molecule has 0 radical (unpaired) electrons. The summed E-state index contributed by atoms with van der Waals surface area (Å²) in [6.45, 7) is 0.841. The van der Waals surface area contributed by atoms with Crippen LogP contribution in [-0.2, 0) is 26.2 Å². The maximum Gasteiger partial charge on any atom is 0.264 e. The predicted molar refractivity (Wildman–Crippen MR) is 157 cm³/mol. The van der Waals surface area contributed by atoms with Gasteiger partial charge < -0.3 is 10.2 Å². The molecule has 206 valence electrons.